The molecule has 3 aromatic carbocycles. The standard InChI is InChI=1S/C27H23N3OS/c1-27(25(31)29-26-30-28-18-32-26)17-22-15-14-20(13-12-19-8-4-2-5-9-19)16-23(22)24(27)21-10-6-3-7-11-21/h2-16,18,24H,17H2,1H3,(H,29,30,31)/t24-,27+/m1/s1. The summed E-state index contributed by atoms with van der Waals surface area (Å²) in [5.41, 5.74) is 6.85. The van der Waals surface area contributed by atoms with Gasteiger partial charge in [-0.1, -0.05) is 102 Å². The van der Waals surface area contributed by atoms with Gasteiger partial charge in [0.1, 0.15) is 5.51 Å². The second-order valence-corrected chi connectivity index (χ2v) is 9.17. The molecular formula is C27H23N3OS. The molecule has 5 heteroatoms. The van der Waals surface area contributed by atoms with Crippen molar-refractivity contribution in [2.45, 2.75) is 19.3 Å². The first kappa shape index (κ1) is 20.3. The Hall–Kier alpha value is -3.57. The molecule has 1 heterocycles. The Labute approximate surface area is 191 Å². The van der Waals surface area contributed by atoms with E-state index in [1.807, 2.05) is 36.4 Å². The van der Waals surface area contributed by atoms with E-state index >= 15 is 0 Å². The van der Waals surface area contributed by atoms with Crippen LogP contribution in [0.3, 0.4) is 0 Å². The fraction of sp³-hybridized carbons (Fsp3) is 0.148. The lowest BCUT2D eigenvalue weighted by Crippen LogP contribution is -2.37. The minimum atomic E-state index is -0.628. The van der Waals surface area contributed by atoms with Crippen molar-refractivity contribution in [1.29, 1.82) is 0 Å². The molecule has 0 fully saturated rings. The summed E-state index contributed by atoms with van der Waals surface area (Å²) in [4.78, 5) is 13.5. The van der Waals surface area contributed by atoms with E-state index < -0.39 is 5.41 Å². The van der Waals surface area contributed by atoms with Gasteiger partial charge in [-0.15, -0.1) is 10.2 Å². The van der Waals surface area contributed by atoms with Crippen molar-refractivity contribution in [3.63, 3.8) is 0 Å². The van der Waals surface area contributed by atoms with Gasteiger partial charge in [0.05, 0.1) is 5.41 Å². The van der Waals surface area contributed by atoms with Gasteiger partial charge in [0.2, 0.25) is 11.0 Å². The van der Waals surface area contributed by atoms with Crippen molar-refractivity contribution in [3.8, 4) is 0 Å². The third-order valence-corrected chi connectivity index (χ3v) is 6.78. The predicted octanol–water partition coefficient (Wildman–Crippen LogP) is 6.04. The molecule has 0 saturated carbocycles. The third-order valence-electron chi connectivity index (χ3n) is 6.18. The van der Waals surface area contributed by atoms with Gasteiger partial charge in [-0.25, -0.2) is 0 Å². The zero-order valence-corrected chi connectivity index (χ0v) is 18.5. The molecule has 1 aromatic heterocycles. The Morgan fingerprint density at radius 2 is 1.72 bits per heavy atom. The Bertz CT molecular complexity index is 1250. The van der Waals surface area contributed by atoms with E-state index in [1.165, 1.54) is 22.5 Å². The van der Waals surface area contributed by atoms with Crippen LogP contribution >= 0.6 is 11.3 Å². The molecule has 0 aliphatic heterocycles. The number of carbonyl (C=O) groups is 1. The monoisotopic (exact) mass is 437 g/mol. The largest absolute Gasteiger partial charge is 0.300 e. The average molecular weight is 438 g/mol. The van der Waals surface area contributed by atoms with Crippen LogP contribution in [-0.2, 0) is 11.2 Å². The van der Waals surface area contributed by atoms with E-state index in [0.717, 1.165) is 16.7 Å². The highest BCUT2D eigenvalue weighted by Crippen LogP contribution is 2.51. The summed E-state index contributed by atoms with van der Waals surface area (Å²) >= 11 is 1.33. The summed E-state index contributed by atoms with van der Waals surface area (Å²) in [5, 5.41) is 11.4. The molecule has 158 valence electrons. The lowest BCUT2D eigenvalue weighted by atomic mass is 9.73. The lowest BCUT2D eigenvalue weighted by Gasteiger charge is -2.30. The first-order valence-electron chi connectivity index (χ1n) is 10.6. The smallest absolute Gasteiger partial charge is 0.233 e. The quantitative estimate of drug-likeness (QED) is 0.387. The lowest BCUT2D eigenvalue weighted by molar-refractivity contribution is -0.125. The van der Waals surface area contributed by atoms with E-state index in [2.05, 4.69) is 77.1 Å². The SMILES string of the molecule is C[C@]1(C(=O)Nc2nncs2)Cc2ccc(C=Cc3ccccc3)cc2[C@H]1c1ccccc1. The first-order valence-corrected chi connectivity index (χ1v) is 11.5. The van der Waals surface area contributed by atoms with Crippen molar-refractivity contribution < 1.29 is 4.79 Å². The number of amides is 1. The number of anilines is 1. The number of nitrogens with zero attached hydrogens (tertiary/aromatic N) is 2. The molecule has 5 rings (SSSR count). The molecule has 1 amide bonds. The highest BCUT2D eigenvalue weighted by Gasteiger charge is 2.48. The molecule has 4 nitrogen and oxygen atoms in total. The summed E-state index contributed by atoms with van der Waals surface area (Å²) in [6.45, 7) is 2.06. The van der Waals surface area contributed by atoms with E-state index in [1.54, 1.807) is 5.51 Å². The summed E-state index contributed by atoms with van der Waals surface area (Å²) < 4.78 is 0. The van der Waals surface area contributed by atoms with Crippen LogP contribution in [0.4, 0.5) is 5.13 Å². The second kappa shape index (κ2) is 8.52. The highest BCUT2D eigenvalue weighted by molar-refractivity contribution is 7.13. The zero-order chi connectivity index (χ0) is 22.0. The normalized spacial score (nSPS) is 19.7. The Morgan fingerprint density at radius 3 is 2.44 bits per heavy atom. The number of hydrogen-bond acceptors (Lipinski definition) is 4. The molecule has 2 atom stereocenters. The molecular weight excluding hydrogens is 414 g/mol. The maximum atomic E-state index is 13.5. The van der Waals surface area contributed by atoms with E-state index in [4.69, 9.17) is 0 Å². The fourth-order valence-corrected chi connectivity index (χ4v) is 5.06. The topological polar surface area (TPSA) is 54.9 Å². The van der Waals surface area contributed by atoms with Gasteiger partial charge in [0.25, 0.3) is 0 Å². The molecule has 0 spiro atoms. The molecule has 1 N–H and O–H groups in total. The van der Waals surface area contributed by atoms with Gasteiger partial charge in [-0.2, -0.15) is 0 Å². The van der Waals surface area contributed by atoms with E-state index in [-0.39, 0.29) is 11.8 Å². The zero-order valence-electron chi connectivity index (χ0n) is 17.7. The van der Waals surface area contributed by atoms with Crippen molar-refractivity contribution in [1.82, 2.24) is 10.2 Å². The van der Waals surface area contributed by atoms with Crippen LogP contribution in [0.5, 0.6) is 0 Å². The third kappa shape index (κ3) is 3.87. The maximum Gasteiger partial charge on any atom is 0.233 e. The van der Waals surface area contributed by atoms with E-state index in [0.29, 0.717) is 11.6 Å². The minimum Gasteiger partial charge on any atom is -0.300 e. The molecule has 0 unspecified atom stereocenters. The molecule has 4 aromatic rings. The van der Waals surface area contributed by atoms with E-state index in [9.17, 15) is 4.79 Å². The number of benzene rings is 3. The number of nitrogens with one attached hydrogen (secondary N) is 1. The van der Waals surface area contributed by atoms with Gasteiger partial charge in [-0.3, -0.25) is 4.79 Å². The molecule has 32 heavy (non-hydrogen) atoms. The minimum absolute atomic E-state index is 0.0271. The number of rotatable bonds is 5. The maximum absolute atomic E-state index is 13.5. The molecule has 0 radical (unpaired) electrons. The summed E-state index contributed by atoms with van der Waals surface area (Å²) in [5.74, 6) is -0.0719. The van der Waals surface area contributed by atoms with Crippen LogP contribution < -0.4 is 5.32 Å². The van der Waals surface area contributed by atoms with Crippen molar-refractivity contribution in [2.24, 2.45) is 5.41 Å². The predicted molar refractivity (Wildman–Crippen MR) is 130 cm³/mol. The van der Waals surface area contributed by atoms with Crippen molar-refractivity contribution >= 4 is 34.5 Å². The summed E-state index contributed by atoms with van der Waals surface area (Å²) in [6.07, 6.45) is 4.93. The fourth-order valence-electron chi connectivity index (χ4n) is 4.62. The molecule has 1 aliphatic rings. The van der Waals surface area contributed by atoms with Gasteiger partial charge < -0.3 is 5.32 Å². The molecule has 0 saturated heterocycles. The van der Waals surface area contributed by atoms with Gasteiger partial charge in [0, 0.05) is 5.92 Å². The van der Waals surface area contributed by atoms with Crippen LogP contribution in [0.15, 0.2) is 84.4 Å². The van der Waals surface area contributed by atoms with Crippen LogP contribution in [0.2, 0.25) is 0 Å². The van der Waals surface area contributed by atoms with Crippen LogP contribution in [0, 0.1) is 5.41 Å². The first-order chi connectivity index (χ1) is 15.6. The van der Waals surface area contributed by atoms with Gasteiger partial charge in [0.15, 0.2) is 0 Å². The van der Waals surface area contributed by atoms with Crippen molar-refractivity contribution in [2.75, 3.05) is 5.32 Å². The van der Waals surface area contributed by atoms with Crippen LogP contribution in [0.1, 0.15) is 40.7 Å². The number of carbonyl (C=O) groups excluding carboxylic acids is 1. The number of fused-ring (bicyclic) bond motifs is 1. The summed E-state index contributed by atoms with van der Waals surface area (Å²) in [7, 11) is 0. The second-order valence-electron chi connectivity index (χ2n) is 8.34. The molecule has 0 bridgehead atoms. The Balaban J connectivity index is 1.53. The average Bonchev–Trinajstić information content (AvgIpc) is 3.44. The molecule has 1 aliphatic carbocycles. The van der Waals surface area contributed by atoms with Gasteiger partial charge >= 0.3 is 0 Å². The van der Waals surface area contributed by atoms with Crippen LogP contribution in [-0.4, -0.2) is 16.1 Å². The Morgan fingerprint density at radius 1 is 1.00 bits per heavy atom. The Kier molecular flexibility index (Phi) is 5.41. The van der Waals surface area contributed by atoms with Gasteiger partial charge in [-0.05, 0) is 41.2 Å². The number of hydrogen-bond donors (Lipinski definition) is 1. The number of aromatic nitrogens is 2. The summed E-state index contributed by atoms with van der Waals surface area (Å²) in [6, 6.07) is 27.1. The highest BCUT2D eigenvalue weighted by atomic mass is 32.1. The van der Waals surface area contributed by atoms with Crippen molar-refractivity contribution in [3.05, 3.63) is 112 Å². The van der Waals surface area contributed by atoms with Crippen LogP contribution in [0.25, 0.3) is 12.2 Å².